The van der Waals surface area contributed by atoms with Crippen LogP contribution in [0.3, 0.4) is 0 Å². The molecular formula is C16H23N3O6. The highest BCUT2D eigenvalue weighted by atomic mass is 16.8. The molecule has 2 aliphatic heterocycles. The van der Waals surface area contributed by atoms with Gasteiger partial charge in [0.05, 0.1) is 6.10 Å². The lowest BCUT2D eigenvalue weighted by Crippen LogP contribution is -2.35. The van der Waals surface area contributed by atoms with Crippen LogP contribution < -0.4 is 11.4 Å². The first-order valence-corrected chi connectivity index (χ1v) is 8.24. The number of rotatable bonds is 4. The van der Waals surface area contributed by atoms with Crippen LogP contribution in [-0.4, -0.2) is 39.6 Å². The van der Waals surface area contributed by atoms with E-state index < -0.39 is 29.8 Å². The Labute approximate surface area is 145 Å². The Morgan fingerprint density at radius 1 is 1.40 bits per heavy atom. The molecular weight excluding hydrogens is 330 g/mol. The van der Waals surface area contributed by atoms with E-state index in [2.05, 4.69) is 4.98 Å². The number of nitrogen functional groups attached to an aromatic ring is 1. The number of esters is 1. The predicted octanol–water partition coefficient (Wildman–Crippen LogP) is 0.716. The van der Waals surface area contributed by atoms with Gasteiger partial charge in [0, 0.05) is 18.7 Å². The molecule has 2 aliphatic rings. The molecule has 2 N–H and O–H groups in total. The molecule has 0 aliphatic carbocycles. The summed E-state index contributed by atoms with van der Waals surface area (Å²) < 4.78 is 24.1. The van der Waals surface area contributed by atoms with Crippen LogP contribution in [0.25, 0.3) is 0 Å². The fraction of sp³-hybridized carbons (Fsp3) is 0.688. The Morgan fingerprint density at radius 3 is 2.72 bits per heavy atom. The minimum Gasteiger partial charge on any atom is -0.461 e. The molecule has 2 saturated heterocycles. The molecule has 1 aromatic heterocycles. The highest BCUT2D eigenvalue weighted by Crippen LogP contribution is 2.43. The molecule has 0 radical (unpaired) electrons. The van der Waals surface area contributed by atoms with E-state index in [0.29, 0.717) is 12.0 Å². The third kappa shape index (κ3) is 3.39. The standard InChI is InChI=1S/C16H23N3O6/c1-5-10-11-12(25-16(3,4)24-11)14(23-10)19-6-9(7-22-8(2)20)13(17)18-15(19)21/h6,10-12,14H,5,7H2,1-4H3,(H2,17,18,21)/t10-,11+,12?,14-/m1/s1. The van der Waals surface area contributed by atoms with Gasteiger partial charge in [-0.2, -0.15) is 4.98 Å². The van der Waals surface area contributed by atoms with Crippen LogP contribution in [0.15, 0.2) is 11.0 Å². The summed E-state index contributed by atoms with van der Waals surface area (Å²) in [6.45, 7) is 6.85. The number of carbonyl (C=O) groups is 1. The van der Waals surface area contributed by atoms with Gasteiger partial charge in [-0.1, -0.05) is 6.92 Å². The number of ether oxygens (including phenoxy) is 4. The second-order valence-electron chi connectivity index (χ2n) is 6.66. The topological polar surface area (TPSA) is 115 Å². The number of aromatic nitrogens is 2. The van der Waals surface area contributed by atoms with E-state index in [0.717, 1.165) is 0 Å². The number of carbonyl (C=O) groups excluding carboxylic acids is 1. The molecule has 25 heavy (non-hydrogen) atoms. The maximum Gasteiger partial charge on any atom is 0.351 e. The minimum absolute atomic E-state index is 0.0213. The fourth-order valence-corrected chi connectivity index (χ4v) is 3.21. The molecule has 9 nitrogen and oxygen atoms in total. The van der Waals surface area contributed by atoms with E-state index in [9.17, 15) is 9.59 Å². The van der Waals surface area contributed by atoms with Crippen molar-refractivity contribution in [2.24, 2.45) is 0 Å². The SMILES string of the molecule is CC[C@H]1O[C@@H](n2cc(COC(C)=O)c(N)nc2=O)C2OC(C)(C)O[C@H]21. The van der Waals surface area contributed by atoms with E-state index in [1.54, 1.807) is 0 Å². The van der Waals surface area contributed by atoms with E-state index in [1.807, 2.05) is 20.8 Å². The lowest BCUT2D eigenvalue weighted by atomic mass is 10.1. The van der Waals surface area contributed by atoms with Gasteiger partial charge in [-0.15, -0.1) is 0 Å². The Hall–Kier alpha value is -1.97. The van der Waals surface area contributed by atoms with Crippen LogP contribution in [0, 0.1) is 0 Å². The number of nitrogens with two attached hydrogens (primary N) is 1. The van der Waals surface area contributed by atoms with Crippen molar-refractivity contribution in [3.8, 4) is 0 Å². The molecule has 3 heterocycles. The highest BCUT2D eigenvalue weighted by molar-refractivity contribution is 5.66. The second-order valence-corrected chi connectivity index (χ2v) is 6.66. The molecule has 1 aromatic rings. The van der Waals surface area contributed by atoms with E-state index in [-0.39, 0.29) is 24.6 Å². The maximum absolute atomic E-state index is 12.4. The number of fused-ring (bicyclic) bond motifs is 1. The molecule has 1 unspecified atom stereocenters. The quantitative estimate of drug-likeness (QED) is 0.787. The van der Waals surface area contributed by atoms with Gasteiger partial charge < -0.3 is 24.7 Å². The van der Waals surface area contributed by atoms with Crippen LogP contribution in [0.4, 0.5) is 5.82 Å². The first-order chi connectivity index (χ1) is 11.7. The predicted molar refractivity (Wildman–Crippen MR) is 86.4 cm³/mol. The van der Waals surface area contributed by atoms with Crippen molar-refractivity contribution >= 4 is 11.8 Å². The Balaban J connectivity index is 1.94. The highest BCUT2D eigenvalue weighted by Gasteiger charge is 2.55. The first-order valence-electron chi connectivity index (χ1n) is 8.24. The van der Waals surface area contributed by atoms with Crippen LogP contribution >= 0.6 is 0 Å². The summed E-state index contributed by atoms with van der Waals surface area (Å²) in [7, 11) is 0. The Bertz CT molecular complexity index is 731. The third-order valence-corrected chi connectivity index (χ3v) is 4.29. The molecule has 2 fully saturated rings. The summed E-state index contributed by atoms with van der Waals surface area (Å²) in [6, 6.07) is 0. The Kier molecular flexibility index (Phi) is 4.56. The summed E-state index contributed by atoms with van der Waals surface area (Å²) in [6.07, 6.45) is 0.624. The van der Waals surface area contributed by atoms with Crippen LogP contribution in [0.1, 0.15) is 45.9 Å². The maximum atomic E-state index is 12.4. The van der Waals surface area contributed by atoms with Gasteiger partial charge in [-0.05, 0) is 20.3 Å². The lowest BCUT2D eigenvalue weighted by Gasteiger charge is -2.24. The van der Waals surface area contributed by atoms with Crippen molar-refractivity contribution in [2.75, 3.05) is 5.73 Å². The smallest absolute Gasteiger partial charge is 0.351 e. The van der Waals surface area contributed by atoms with Gasteiger partial charge in [0.25, 0.3) is 0 Å². The molecule has 9 heteroatoms. The first kappa shape index (κ1) is 17.8. The van der Waals surface area contributed by atoms with Gasteiger partial charge in [0.1, 0.15) is 24.6 Å². The average molecular weight is 353 g/mol. The van der Waals surface area contributed by atoms with Gasteiger partial charge in [-0.3, -0.25) is 9.36 Å². The summed E-state index contributed by atoms with van der Waals surface area (Å²) in [5, 5.41) is 0. The molecule has 4 atom stereocenters. The zero-order valence-corrected chi connectivity index (χ0v) is 14.7. The van der Waals surface area contributed by atoms with Gasteiger partial charge in [0.2, 0.25) is 0 Å². The molecule has 3 rings (SSSR count). The van der Waals surface area contributed by atoms with Crippen molar-refractivity contribution in [3.05, 3.63) is 22.2 Å². The van der Waals surface area contributed by atoms with Crippen molar-refractivity contribution in [1.29, 1.82) is 0 Å². The van der Waals surface area contributed by atoms with Crippen LogP contribution in [0.2, 0.25) is 0 Å². The monoisotopic (exact) mass is 353 g/mol. The zero-order chi connectivity index (χ0) is 18.4. The van der Waals surface area contributed by atoms with Crippen LogP contribution in [-0.2, 0) is 30.3 Å². The molecule has 0 spiro atoms. The van der Waals surface area contributed by atoms with Crippen molar-refractivity contribution in [3.63, 3.8) is 0 Å². The van der Waals surface area contributed by atoms with Gasteiger partial charge in [0.15, 0.2) is 12.0 Å². The minimum atomic E-state index is -0.754. The number of hydrogen-bond acceptors (Lipinski definition) is 8. The largest absolute Gasteiger partial charge is 0.461 e. The summed E-state index contributed by atoms with van der Waals surface area (Å²) >= 11 is 0. The van der Waals surface area contributed by atoms with E-state index in [1.165, 1.54) is 17.7 Å². The number of anilines is 1. The molecule has 0 saturated carbocycles. The average Bonchev–Trinajstić information content (AvgIpc) is 2.99. The van der Waals surface area contributed by atoms with Crippen molar-refractivity contribution in [1.82, 2.24) is 9.55 Å². The summed E-state index contributed by atoms with van der Waals surface area (Å²) in [5.74, 6) is -1.18. The summed E-state index contributed by atoms with van der Waals surface area (Å²) in [4.78, 5) is 27.2. The molecule has 0 bridgehead atoms. The van der Waals surface area contributed by atoms with E-state index in [4.69, 9.17) is 24.7 Å². The fourth-order valence-electron chi connectivity index (χ4n) is 3.21. The Morgan fingerprint density at radius 2 is 2.08 bits per heavy atom. The van der Waals surface area contributed by atoms with Crippen LogP contribution in [0.5, 0.6) is 0 Å². The molecule has 0 aromatic carbocycles. The number of nitrogens with zero attached hydrogens (tertiary/aromatic N) is 2. The zero-order valence-electron chi connectivity index (χ0n) is 14.7. The number of hydrogen-bond donors (Lipinski definition) is 1. The second kappa shape index (κ2) is 6.40. The lowest BCUT2D eigenvalue weighted by molar-refractivity contribution is -0.197. The van der Waals surface area contributed by atoms with Gasteiger partial charge in [-0.25, -0.2) is 4.79 Å². The normalized spacial score (nSPS) is 30.2. The van der Waals surface area contributed by atoms with Crippen molar-refractivity contribution in [2.45, 2.75) is 71.0 Å². The van der Waals surface area contributed by atoms with E-state index >= 15 is 0 Å². The van der Waals surface area contributed by atoms with Crippen molar-refractivity contribution < 1.29 is 23.7 Å². The molecule has 138 valence electrons. The third-order valence-electron chi connectivity index (χ3n) is 4.29. The summed E-state index contributed by atoms with van der Waals surface area (Å²) in [5.41, 5.74) is 5.63. The van der Waals surface area contributed by atoms with Gasteiger partial charge >= 0.3 is 11.7 Å². The molecule has 0 amide bonds.